The van der Waals surface area contributed by atoms with Crippen LogP contribution in [-0.2, 0) is 16.0 Å². The van der Waals surface area contributed by atoms with Gasteiger partial charge in [-0.3, -0.25) is 9.36 Å². The monoisotopic (exact) mass is 369 g/mol. The Kier molecular flexibility index (Phi) is 5.91. The van der Waals surface area contributed by atoms with Crippen LogP contribution in [0, 0.1) is 0 Å². The molecule has 0 atom stereocenters. The van der Waals surface area contributed by atoms with E-state index in [1.807, 2.05) is 59.2 Å². The Hall–Kier alpha value is -2.80. The van der Waals surface area contributed by atoms with Crippen molar-refractivity contribution in [2.24, 2.45) is 0 Å². The van der Waals surface area contributed by atoms with E-state index in [0.29, 0.717) is 17.3 Å². The number of aromatic nitrogens is 3. The number of thioether (sulfide) groups is 1. The van der Waals surface area contributed by atoms with Gasteiger partial charge >= 0.3 is 5.97 Å². The van der Waals surface area contributed by atoms with Crippen LogP contribution in [-0.4, -0.2) is 40.7 Å². The second-order valence-corrected chi connectivity index (χ2v) is 6.38. The van der Waals surface area contributed by atoms with Gasteiger partial charge in [-0.2, -0.15) is 0 Å². The van der Waals surface area contributed by atoms with Crippen molar-refractivity contribution in [3.63, 3.8) is 0 Å². The Balaban J connectivity index is 2.01. The van der Waals surface area contributed by atoms with Crippen molar-refractivity contribution in [1.29, 1.82) is 0 Å². The molecule has 134 valence electrons. The van der Waals surface area contributed by atoms with Crippen LogP contribution < -0.4 is 4.74 Å². The molecular formula is C19H19N3O3S. The molecular weight excluding hydrogens is 350 g/mol. The molecule has 0 saturated heterocycles. The van der Waals surface area contributed by atoms with Gasteiger partial charge in [0.25, 0.3) is 0 Å². The van der Waals surface area contributed by atoms with Crippen molar-refractivity contribution in [1.82, 2.24) is 14.8 Å². The quantitative estimate of drug-likeness (QED) is 0.471. The SMILES string of the molecule is COC(=O)CSc1nnc(Cc2ccccc2)n1-c1ccccc1OC. The second-order valence-electron chi connectivity index (χ2n) is 5.43. The lowest BCUT2D eigenvalue weighted by molar-refractivity contribution is -0.137. The van der Waals surface area contributed by atoms with Crippen LogP contribution in [0.25, 0.3) is 5.69 Å². The van der Waals surface area contributed by atoms with Gasteiger partial charge in [0.1, 0.15) is 11.6 Å². The van der Waals surface area contributed by atoms with Crippen molar-refractivity contribution in [3.8, 4) is 11.4 Å². The van der Waals surface area contributed by atoms with Gasteiger partial charge in [0.2, 0.25) is 0 Å². The summed E-state index contributed by atoms with van der Waals surface area (Å²) < 4.78 is 12.2. The lowest BCUT2D eigenvalue weighted by atomic mass is 10.1. The van der Waals surface area contributed by atoms with Crippen molar-refractivity contribution in [2.75, 3.05) is 20.0 Å². The summed E-state index contributed by atoms with van der Waals surface area (Å²) in [7, 11) is 3.00. The zero-order valence-electron chi connectivity index (χ0n) is 14.6. The summed E-state index contributed by atoms with van der Waals surface area (Å²) in [5, 5.41) is 9.25. The van der Waals surface area contributed by atoms with E-state index < -0.39 is 0 Å². The van der Waals surface area contributed by atoms with Gasteiger partial charge in [-0.1, -0.05) is 54.2 Å². The minimum Gasteiger partial charge on any atom is -0.495 e. The van der Waals surface area contributed by atoms with E-state index in [2.05, 4.69) is 10.2 Å². The predicted molar refractivity (Wildman–Crippen MR) is 99.9 cm³/mol. The first-order valence-electron chi connectivity index (χ1n) is 8.04. The highest BCUT2D eigenvalue weighted by Gasteiger charge is 2.18. The normalized spacial score (nSPS) is 10.5. The molecule has 3 aromatic rings. The fraction of sp³-hybridized carbons (Fsp3) is 0.211. The average Bonchev–Trinajstić information content (AvgIpc) is 3.09. The van der Waals surface area contributed by atoms with E-state index in [1.165, 1.54) is 18.9 Å². The number of para-hydroxylation sites is 2. The molecule has 6 nitrogen and oxygen atoms in total. The molecule has 1 heterocycles. The minimum atomic E-state index is -0.311. The van der Waals surface area contributed by atoms with Crippen LogP contribution >= 0.6 is 11.8 Å². The molecule has 0 unspecified atom stereocenters. The van der Waals surface area contributed by atoms with E-state index >= 15 is 0 Å². The van der Waals surface area contributed by atoms with Crippen molar-refractivity contribution < 1.29 is 14.3 Å². The number of carbonyl (C=O) groups excluding carboxylic acids is 1. The molecule has 0 N–H and O–H groups in total. The average molecular weight is 369 g/mol. The number of benzene rings is 2. The number of methoxy groups -OCH3 is 2. The molecule has 0 amide bonds. The van der Waals surface area contributed by atoms with Gasteiger partial charge < -0.3 is 9.47 Å². The number of nitrogens with zero attached hydrogens (tertiary/aromatic N) is 3. The highest BCUT2D eigenvalue weighted by Crippen LogP contribution is 2.29. The fourth-order valence-electron chi connectivity index (χ4n) is 2.53. The maximum absolute atomic E-state index is 11.5. The molecule has 1 aromatic heterocycles. The van der Waals surface area contributed by atoms with Crippen LogP contribution in [0.3, 0.4) is 0 Å². The summed E-state index contributed by atoms with van der Waals surface area (Å²) in [5.74, 6) is 1.33. The maximum Gasteiger partial charge on any atom is 0.316 e. The van der Waals surface area contributed by atoms with E-state index in [0.717, 1.165) is 17.1 Å². The first-order valence-corrected chi connectivity index (χ1v) is 9.02. The van der Waals surface area contributed by atoms with Gasteiger partial charge in [-0.15, -0.1) is 10.2 Å². The molecule has 0 spiro atoms. The number of hydrogen-bond acceptors (Lipinski definition) is 6. The maximum atomic E-state index is 11.5. The Morgan fingerprint density at radius 3 is 2.50 bits per heavy atom. The zero-order valence-corrected chi connectivity index (χ0v) is 15.4. The topological polar surface area (TPSA) is 66.2 Å². The lowest BCUT2D eigenvalue weighted by Crippen LogP contribution is -2.08. The summed E-state index contributed by atoms with van der Waals surface area (Å²) >= 11 is 1.28. The highest BCUT2D eigenvalue weighted by molar-refractivity contribution is 7.99. The molecule has 0 fully saturated rings. The van der Waals surface area contributed by atoms with Crippen molar-refractivity contribution in [3.05, 3.63) is 66.0 Å². The van der Waals surface area contributed by atoms with Crippen LogP contribution in [0.15, 0.2) is 59.8 Å². The minimum absolute atomic E-state index is 0.162. The first kappa shape index (κ1) is 18.0. The third-order valence-corrected chi connectivity index (χ3v) is 4.68. The van der Waals surface area contributed by atoms with E-state index in [4.69, 9.17) is 9.47 Å². The van der Waals surface area contributed by atoms with Gasteiger partial charge in [0, 0.05) is 6.42 Å². The first-order chi connectivity index (χ1) is 12.7. The smallest absolute Gasteiger partial charge is 0.316 e. The number of esters is 1. The molecule has 0 aliphatic heterocycles. The summed E-state index contributed by atoms with van der Waals surface area (Å²) in [6, 6.07) is 17.7. The van der Waals surface area contributed by atoms with Crippen molar-refractivity contribution in [2.45, 2.75) is 11.6 Å². The molecule has 0 bridgehead atoms. The number of hydrogen-bond donors (Lipinski definition) is 0. The third-order valence-electron chi connectivity index (χ3n) is 3.78. The van der Waals surface area contributed by atoms with Crippen LogP contribution in [0.4, 0.5) is 0 Å². The summed E-state index contributed by atoms with van der Waals surface area (Å²) in [6.45, 7) is 0. The molecule has 2 aromatic carbocycles. The Labute approximate surface area is 156 Å². The number of rotatable bonds is 7. The molecule has 7 heteroatoms. The Bertz CT molecular complexity index is 881. The summed E-state index contributed by atoms with van der Waals surface area (Å²) in [4.78, 5) is 11.5. The second kappa shape index (κ2) is 8.53. The molecule has 0 saturated carbocycles. The van der Waals surface area contributed by atoms with Crippen molar-refractivity contribution >= 4 is 17.7 Å². The standard InChI is InChI=1S/C19H19N3O3S/c1-24-16-11-7-6-10-15(16)22-17(12-14-8-4-3-5-9-14)20-21-19(22)26-13-18(23)25-2/h3-11H,12-13H2,1-2H3. The van der Waals surface area contributed by atoms with Gasteiger partial charge in [-0.05, 0) is 17.7 Å². The van der Waals surface area contributed by atoms with E-state index in [1.54, 1.807) is 7.11 Å². The number of carbonyl (C=O) groups is 1. The Morgan fingerprint density at radius 2 is 1.77 bits per heavy atom. The van der Waals surface area contributed by atoms with Gasteiger partial charge in [0.15, 0.2) is 5.16 Å². The zero-order chi connectivity index (χ0) is 18.4. The predicted octanol–water partition coefficient (Wildman–Crippen LogP) is 3.13. The largest absolute Gasteiger partial charge is 0.495 e. The summed E-state index contributed by atoms with van der Waals surface area (Å²) in [6.07, 6.45) is 0.616. The highest BCUT2D eigenvalue weighted by atomic mass is 32.2. The molecule has 0 radical (unpaired) electrons. The fourth-order valence-corrected chi connectivity index (χ4v) is 3.32. The van der Waals surface area contributed by atoms with Gasteiger partial charge in [-0.25, -0.2) is 0 Å². The van der Waals surface area contributed by atoms with Crippen LogP contribution in [0.1, 0.15) is 11.4 Å². The molecule has 0 aliphatic rings. The number of ether oxygens (including phenoxy) is 2. The molecule has 3 rings (SSSR count). The van der Waals surface area contributed by atoms with E-state index in [-0.39, 0.29) is 11.7 Å². The third kappa shape index (κ3) is 4.05. The summed E-state index contributed by atoms with van der Waals surface area (Å²) in [5.41, 5.74) is 1.96. The molecule has 26 heavy (non-hydrogen) atoms. The Morgan fingerprint density at radius 1 is 1.04 bits per heavy atom. The lowest BCUT2D eigenvalue weighted by Gasteiger charge is -2.13. The van der Waals surface area contributed by atoms with E-state index in [9.17, 15) is 4.79 Å². The van der Waals surface area contributed by atoms with Gasteiger partial charge in [0.05, 0.1) is 25.7 Å². The van der Waals surface area contributed by atoms with Crippen LogP contribution in [0.2, 0.25) is 0 Å². The molecule has 0 aliphatic carbocycles. The van der Waals surface area contributed by atoms with Crippen LogP contribution in [0.5, 0.6) is 5.75 Å².